The number of hydrogen-bond donors (Lipinski definition) is 0. The molecule has 72 valence electrons. The summed E-state index contributed by atoms with van der Waals surface area (Å²) < 4.78 is 0. The summed E-state index contributed by atoms with van der Waals surface area (Å²) in [6.07, 6.45) is 1.30. The fourth-order valence-electron chi connectivity index (χ4n) is 1.92. The van der Waals surface area contributed by atoms with Crippen LogP contribution in [0, 0.1) is 5.41 Å². The predicted octanol–water partition coefficient (Wildman–Crippen LogP) is 2.37. The molecule has 0 aromatic heterocycles. The third-order valence-corrected chi connectivity index (χ3v) is 5.40. The van der Waals surface area contributed by atoms with Gasteiger partial charge in [-0.3, -0.25) is 0 Å². The van der Waals surface area contributed by atoms with Gasteiger partial charge in [-0.2, -0.15) is 0 Å². The van der Waals surface area contributed by atoms with Crippen molar-refractivity contribution in [2.24, 2.45) is 5.41 Å². The molecule has 12 heavy (non-hydrogen) atoms. The van der Waals surface area contributed by atoms with Crippen molar-refractivity contribution in [2.45, 2.75) is 45.3 Å². The molecule has 2 atom stereocenters. The van der Waals surface area contributed by atoms with E-state index in [0.717, 1.165) is 5.66 Å². The van der Waals surface area contributed by atoms with Crippen molar-refractivity contribution in [3.8, 4) is 0 Å². The highest BCUT2D eigenvalue weighted by molar-refractivity contribution is 7.17. The second kappa shape index (κ2) is 2.96. The number of nitrogens with zero attached hydrogens (tertiary/aromatic N) is 1. The Balaban J connectivity index is 2.92. The van der Waals surface area contributed by atoms with Crippen molar-refractivity contribution in [3.05, 3.63) is 0 Å². The molecule has 1 aliphatic heterocycles. The van der Waals surface area contributed by atoms with E-state index in [1.54, 1.807) is 0 Å². The number of hydrogen-bond acceptors (Lipinski definition) is 1. The molecule has 0 amide bonds. The van der Waals surface area contributed by atoms with Crippen LogP contribution in [0.5, 0.6) is 0 Å². The Morgan fingerprint density at radius 2 is 1.75 bits per heavy atom. The van der Waals surface area contributed by atoms with Crippen molar-refractivity contribution >= 4 is 9.24 Å². The fourth-order valence-corrected chi connectivity index (χ4v) is 2.48. The standard InChI is InChI=1S/C10H22NP/c1-9(2)8(12)6-7-11(5)10(9,3)4/h8H,6-7,12H2,1-5H3. The summed E-state index contributed by atoms with van der Waals surface area (Å²) in [6.45, 7) is 10.7. The fraction of sp³-hybridized carbons (Fsp3) is 1.00. The average molecular weight is 187 g/mol. The summed E-state index contributed by atoms with van der Waals surface area (Å²) in [5.74, 6) is 0. The summed E-state index contributed by atoms with van der Waals surface area (Å²) in [6, 6.07) is 0. The first-order valence-corrected chi connectivity index (χ1v) is 5.43. The van der Waals surface area contributed by atoms with Crippen molar-refractivity contribution in [2.75, 3.05) is 13.6 Å². The van der Waals surface area contributed by atoms with Gasteiger partial charge in [0.15, 0.2) is 0 Å². The molecule has 0 spiro atoms. The quantitative estimate of drug-likeness (QED) is 0.526. The first-order valence-electron chi connectivity index (χ1n) is 4.77. The highest BCUT2D eigenvalue weighted by atomic mass is 31.0. The molecule has 2 heteroatoms. The van der Waals surface area contributed by atoms with Gasteiger partial charge >= 0.3 is 0 Å². The molecule has 0 radical (unpaired) electrons. The highest BCUT2D eigenvalue weighted by Crippen LogP contribution is 2.45. The topological polar surface area (TPSA) is 3.24 Å². The molecule has 1 heterocycles. The van der Waals surface area contributed by atoms with E-state index in [0.29, 0.717) is 11.0 Å². The number of piperidine rings is 1. The Bertz CT molecular complexity index is 155. The monoisotopic (exact) mass is 187 g/mol. The van der Waals surface area contributed by atoms with Crippen molar-refractivity contribution in [1.82, 2.24) is 4.90 Å². The minimum Gasteiger partial charge on any atom is -0.301 e. The maximum atomic E-state index is 3.01. The van der Waals surface area contributed by atoms with E-state index >= 15 is 0 Å². The SMILES string of the molecule is CN1CCC(P)C(C)(C)C1(C)C. The van der Waals surface area contributed by atoms with E-state index in [1.807, 2.05) is 0 Å². The van der Waals surface area contributed by atoms with E-state index in [9.17, 15) is 0 Å². The second-order valence-electron chi connectivity index (χ2n) is 5.10. The molecule has 1 nitrogen and oxygen atoms in total. The number of likely N-dealkylation sites (tertiary alicyclic amines) is 1. The Hall–Kier alpha value is 0.390. The molecule has 1 rings (SSSR count). The van der Waals surface area contributed by atoms with Gasteiger partial charge < -0.3 is 4.90 Å². The Morgan fingerprint density at radius 3 is 2.17 bits per heavy atom. The third kappa shape index (κ3) is 1.32. The number of rotatable bonds is 0. The van der Waals surface area contributed by atoms with Crippen LogP contribution in [-0.4, -0.2) is 29.7 Å². The lowest BCUT2D eigenvalue weighted by Gasteiger charge is -2.55. The highest BCUT2D eigenvalue weighted by Gasteiger charge is 2.46. The summed E-state index contributed by atoms with van der Waals surface area (Å²) in [7, 11) is 5.24. The van der Waals surface area contributed by atoms with Gasteiger partial charge in [-0.15, -0.1) is 9.24 Å². The molecule has 1 aliphatic rings. The van der Waals surface area contributed by atoms with E-state index in [4.69, 9.17) is 0 Å². The van der Waals surface area contributed by atoms with Gasteiger partial charge in [-0.1, -0.05) is 13.8 Å². The smallest absolute Gasteiger partial charge is 0.0206 e. The van der Waals surface area contributed by atoms with Crippen LogP contribution >= 0.6 is 9.24 Å². The van der Waals surface area contributed by atoms with Crippen LogP contribution in [-0.2, 0) is 0 Å². The Kier molecular flexibility index (Phi) is 2.58. The Morgan fingerprint density at radius 1 is 1.25 bits per heavy atom. The van der Waals surface area contributed by atoms with Crippen molar-refractivity contribution in [1.29, 1.82) is 0 Å². The summed E-state index contributed by atoms with van der Waals surface area (Å²) >= 11 is 0. The van der Waals surface area contributed by atoms with Crippen molar-refractivity contribution in [3.63, 3.8) is 0 Å². The lowest BCUT2D eigenvalue weighted by Crippen LogP contribution is -2.60. The van der Waals surface area contributed by atoms with E-state index in [2.05, 4.69) is 48.9 Å². The minimum atomic E-state index is 0.317. The van der Waals surface area contributed by atoms with Gasteiger partial charge in [-0.05, 0) is 44.9 Å². The maximum absolute atomic E-state index is 3.01. The van der Waals surface area contributed by atoms with Gasteiger partial charge in [0.2, 0.25) is 0 Å². The molecule has 0 aromatic carbocycles. The summed E-state index contributed by atoms with van der Waals surface area (Å²) in [4.78, 5) is 2.48. The first-order chi connectivity index (χ1) is 5.30. The lowest BCUT2D eigenvalue weighted by molar-refractivity contribution is -0.00682. The summed E-state index contributed by atoms with van der Waals surface area (Å²) in [5.41, 5.74) is 1.46. The van der Waals surface area contributed by atoms with E-state index < -0.39 is 0 Å². The summed E-state index contributed by atoms with van der Waals surface area (Å²) in [5, 5.41) is 0. The largest absolute Gasteiger partial charge is 0.301 e. The zero-order valence-electron chi connectivity index (χ0n) is 9.02. The van der Waals surface area contributed by atoms with Crippen molar-refractivity contribution < 1.29 is 0 Å². The predicted molar refractivity (Wildman–Crippen MR) is 58.6 cm³/mol. The second-order valence-corrected chi connectivity index (χ2v) is 5.90. The van der Waals surface area contributed by atoms with Gasteiger partial charge in [0.1, 0.15) is 0 Å². The molecule has 2 unspecified atom stereocenters. The maximum Gasteiger partial charge on any atom is 0.0206 e. The van der Waals surface area contributed by atoms with Gasteiger partial charge in [0.25, 0.3) is 0 Å². The van der Waals surface area contributed by atoms with Gasteiger partial charge in [-0.25, -0.2) is 0 Å². The minimum absolute atomic E-state index is 0.317. The third-order valence-electron chi connectivity index (χ3n) is 4.23. The molecule has 0 aliphatic carbocycles. The molecule has 0 bridgehead atoms. The average Bonchev–Trinajstić information content (AvgIpc) is 1.96. The molecule has 0 saturated carbocycles. The molecule has 1 fully saturated rings. The van der Waals surface area contributed by atoms with Crippen LogP contribution in [0.15, 0.2) is 0 Å². The molecule has 0 aromatic rings. The molecule has 1 saturated heterocycles. The van der Waals surface area contributed by atoms with Crippen LogP contribution in [0.25, 0.3) is 0 Å². The molecule has 0 N–H and O–H groups in total. The lowest BCUT2D eigenvalue weighted by atomic mass is 9.68. The molecular weight excluding hydrogens is 165 g/mol. The van der Waals surface area contributed by atoms with Crippen LogP contribution in [0.3, 0.4) is 0 Å². The van der Waals surface area contributed by atoms with Gasteiger partial charge in [0, 0.05) is 5.54 Å². The van der Waals surface area contributed by atoms with Crippen LogP contribution < -0.4 is 0 Å². The van der Waals surface area contributed by atoms with E-state index in [1.165, 1.54) is 13.0 Å². The normalized spacial score (nSPS) is 35.0. The van der Waals surface area contributed by atoms with Gasteiger partial charge in [0.05, 0.1) is 0 Å². The zero-order valence-corrected chi connectivity index (χ0v) is 10.2. The van der Waals surface area contributed by atoms with Crippen LogP contribution in [0.4, 0.5) is 0 Å². The Labute approximate surface area is 79.1 Å². The zero-order chi connectivity index (χ0) is 9.57. The first kappa shape index (κ1) is 10.5. The van der Waals surface area contributed by atoms with E-state index in [-0.39, 0.29) is 0 Å². The van der Waals surface area contributed by atoms with Crippen LogP contribution in [0.2, 0.25) is 0 Å². The van der Waals surface area contributed by atoms with Crippen LogP contribution in [0.1, 0.15) is 34.1 Å². The molecular formula is C10H22NP.